The first-order valence-electron chi connectivity index (χ1n) is 7.21. The van der Waals surface area contributed by atoms with Crippen LogP contribution in [-0.4, -0.2) is 35.7 Å². The second kappa shape index (κ2) is 6.67. The maximum absolute atomic E-state index is 12.1. The van der Waals surface area contributed by atoms with Crippen molar-refractivity contribution in [3.05, 3.63) is 34.9 Å². The number of rotatable bonds is 5. The second-order valence-corrected chi connectivity index (χ2v) is 6.57. The van der Waals surface area contributed by atoms with Gasteiger partial charge in [-0.1, -0.05) is 37.6 Å². The van der Waals surface area contributed by atoms with E-state index in [0.29, 0.717) is 24.4 Å². The van der Waals surface area contributed by atoms with E-state index in [1.54, 1.807) is 0 Å². The zero-order valence-electron chi connectivity index (χ0n) is 12.6. The predicted octanol–water partition coefficient (Wildman–Crippen LogP) is 2.37. The molecular weight excluding hydrogens is 306 g/mol. The molecule has 1 amide bonds. The number of hydrogen-bond donors (Lipinski definition) is 2. The molecule has 5 nitrogen and oxygen atoms in total. The Morgan fingerprint density at radius 1 is 1.27 bits per heavy atom. The molecule has 0 bridgehead atoms. The van der Waals surface area contributed by atoms with Crippen molar-refractivity contribution in [1.29, 1.82) is 0 Å². The maximum atomic E-state index is 12.1. The summed E-state index contributed by atoms with van der Waals surface area (Å²) >= 11 is 5.88. The van der Waals surface area contributed by atoms with Crippen LogP contribution >= 0.6 is 11.6 Å². The number of carboxylic acids is 1. The molecule has 120 valence electrons. The highest BCUT2D eigenvalue weighted by molar-refractivity contribution is 6.30. The molecule has 1 fully saturated rings. The van der Waals surface area contributed by atoms with Gasteiger partial charge in [-0.3, -0.25) is 4.79 Å². The van der Waals surface area contributed by atoms with Crippen LogP contribution < -0.4 is 5.32 Å². The number of carbonyl (C=O) groups is 2. The molecule has 1 aromatic rings. The lowest BCUT2D eigenvalue weighted by molar-refractivity contribution is -0.151. The van der Waals surface area contributed by atoms with Crippen LogP contribution in [0.15, 0.2) is 24.3 Å². The molecule has 1 saturated heterocycles. The Hall–Kier alpha value is -1.59. The minimum Gasteiger partial charge on any atom is -0.479 e. The molecule has 1 aromatic carbocycles. The summed E-state index contributed by atoms with van der Waals surface area (Å²) in [6.07, 6.45) is -0.750. The van der Waals surface area contributed by atoms with E-state index in [4.69, 9.17) is 21.4 Å². The van der Waals surface area contributed by atoms with Crippen LogP contribution in [-0.2, 0) is 19.7 Å². The molecule has 0 aromatic heterocycles. The number of nitrogens with one attached hydrogen (secondary N) is 1. The average molecular weight is 326 g/mol. The first kappa shape index (κ1) is 16.8. The third-order valence-corrected chi connectivity index (χ3v) is 4.17. The number of amides is 1. The quantitative estimate of drug-likeness (QED) is 0.871. The number of carbonyl (C=O) groups excluding carboxylic acids is 1. The van der Waals surface area contributed by atoms with E-state index in [-0.39, 0.29) is 11.3 Å². The number of ether oxygens (including phenoxy) is 1. The highest BCUT2D eigenvalue weighted by atomic mass is 35.5. The summed E-state index contributed by atoms with van der Waals surface area (Å²) in [6.45, 7) is 4.48. The molecule has 1 aliphatic heterocycles. The van der Waals surface area contributed by atoms with Gasteiger partial charge in [0.15, 0.2) is 6.10 Å². The summed E-state index contributed by atoms with van der Waals surface area (Å²) in [4.78, 5) is 22.9. The van der Waals surface area contributed by atoms with Crippen molar-refractivity contribution in [1.82, 2.24) is 5.32 Å². The number of carboxylic acid groups (broad SMARTS) is 1. The Labute approximate surface area is 134 Å². The van der Waals surface area contributed by atoms with Gasteiger partial charge in [0.25, 0.3) is 0 Å². The van der Waals surface area contributed by atoms with Crippen LogP contribution in [0.25, 0.3) is 0 Å². The SMILES string of the molecule is CC(C)(CNC(=O)[C@@H]1CC[C@H](C(=O)O)O1)c1ccc(Cl)cc1. The molecule has 0 saturated carbocycles. The Morgan fingerprint density at radius 2 is 1.86 bits per heavy atom. The van der Waals surface area contributed by atoms with Gasteiger partial charge < -0.3 is 15.2 Å². The summed E-state index contributed by atoms with van der Waals surface area (Å²) in [5.41, 5.74) is 0.804. The van der Waals surface area contributed by atoms with Gasteiger partial charge in [-0.05, 0) is 30.5 Å². The highest BCUT2D eigenvalue weighted by Gasteiger charge is 2.35. The van der Waals surface area contributed by atoms with Crippen LogP contribution in [0.2, 0.25) is 5.02 Å². The summed E-state index contributed by atoms with van der Waals surface area (Å²) in [5.74, 6) is -1.28. The first-order valence-corrected chi connectivity index (χ1v) is 7.59. The highest BCUT2D eigenvalue weighted by Crippen LogP contribution is 2.25. The van der Waals surface area contributed by atoms with Crippen molar-refractivity contribution in [2.45, 2.75) is 44.3 Å². The molecule has 0 radical (unpaired) electrons. The average Bonchev–Trinajstić information content (AvgIpc) is 2.95. The van der Waals surface area contributed by atoms with Crippen LogP contribution in [0.4, 0.5) is 0 Å². The van der Waals surface area contributed by atoms with Crippen molar-refractivity contribution < 1.29 is 19.4 Å². The number of benzene rings is 1. The zero-order valence-corrected chi connectivity index (χ0v) is 13.4. The van der Waals surface area contributed by atoms with Crippen molar-refractivity contribution in [2.75, 3.05) is 6.54 Å². The molecule has 0 spiro atoms. The molecule has 22 heavy (non-hydrogen) atoms. The van der Waals surface area contributed by atoms with Crippen molar-refractivity contribution >= 4 is 23.5 Å². The molecular formula is C16H20ClNO4. The van der Waals surface area contributed by atoms with Gasteiger partial charge >= 0.3 is 5.97 Å². The summed E-state index contributed by atoms with van der Waals surface area (Å²) in [5, 5.41) is 12.4. The lowest BCUT2D eigenvalue weighted by atomic mass is 9.84. The summed E-state index contributed by atoms with van der Waals surface area (Å²) < 4.78 is 5.24. The maximum Gasteiger partial charge on any atom is 0.332 e. The largest absolute Gasteiger partial charge is 0.479 e. The molecule has 2 atom stereocenters. The molecule has 0 aliphatic carbocycles. The number of hydrogen-bond acceptors (Lipinski definition) is 3. The molecule has 1 aliphatic rings. The van der Waals surface area contributed by atoms with Crippen LogP contribution in [0, 0.1) is 0 Å². The van der Waals surface area contributed by atoms with Gasteiger partial charge in [0.1, 0.15) is 6.10 Å². The Morgan fingerprint density at radius 3 is 2.41 bits per heavy atom. The Balaban J connectivity index is 1.90. The fraction of sp³-hybridized carbons (Fsp3) is 0.500. The number of halogens is 1. The monoisotopic (exact) mass is 325 g/mol. The van der Waals surface area contributed by atoms with Gasteiger partial charge in [-0.15, -0.1) is 0 Å². The molecule has 2 rings (SSSR count). The van der Waals surface area contributed by atoms with Crippen molar-refractivity contribution in [2.24, 2.45) is 0 Å². The summed E-state index contributed by atoms with van der Waals surface area (Å²) in [7, 11) is 0. The Kier molecular flexibility index (Phi) is 5.08. The minimum absolute atomic E-state index is 0.259. The predicted molar refractivity (Wildman–Crippen MR) is 83.0 cm³/mol. The fourth-order valence-corrected chi connectivity index (χ4v) is 2.56. The third-order valence-electron chi connectivity index (χ3n) is 3.92. The molecule has 0 unspecified atom stereocenters. The van der Waals surface area contributed by atoms with E-state index in [2.05, 4.69) is 5.32 Å². The van der Waals surface area contributed by atoms with Crippen molar-refractivity contribution in [3.63, 3.8) is 0 Å². The normalized spacial score (nSPS) is 21.6. The van der Waals surface area contributed by atoms with Crippen molar-refractivity contribution in [3.8, 4) is 0 Å². The number of aliphatic carboxylic acids is 1. The van der Waals surface area contributed by atoms with Crippen LogP contribution in [0.3, 0.4) is 0 Å². The third kappa shape index (κ3) is 3.99. The van der Waals surface area contributed by atoms with E-state index >= 15 is 0 Å². The fourth-order valence-electron chi connectivity index (χ4n) is 2.44. The van der Waals surface area contributed by atoms with Gasteiger partial charge in [-0.2, -0.15) is 0 Å². The molecule has 1 heterocycles. The lowest BCUT2D eigenvalue weighted by Gasteiger charge is -2.26. The van der Waals surface area contributed by atoms with E-state index in [0.717, 1.165) is 5.56 Å². The Bertz CT molecular complexity index is 556. The zero-order chi connectivity index (χ0) is 16.3. The van der Waals surface area contributed by atoms with E-state index in [1.165, 1.54) is 0 Å². The smallest absolute Gasteiger partial charge is 0.332 e. The first-order chi connectivity index (χ1) is 10.3. The molecule has 6 heteroatoms. The molecule has 2 N–H and O–H groups in total. The minimum atomic E-state index is -1.02. The second-order valence-electron chi connectivity index (χ2n) is 6.14. The lowest BCUT2D eigenvalue weighted by Crippen LogP contribution is -2.42. The van der Waals surface area contributed by atoms with Gasteiger partial charge in [-0.25, -0.2) is 4.79 Å². The standard InChI is InChI=1S/C16H20ClNO4/c1-16(2,10-3-5-11(17)6-4-10)9-18-14(19)12-7-8-13(22-12)15(20)21/h3-6,12-13H,7-9H2,1-2H3,(H,18,19)(H,20,21)/t12-,13+/m0/s1. The van der Waals surface area contributed by atoms with E-state index < -0.39 is 18.2 Å². The van der Waals surface area contributed by atoms with Gasteiger partial charge in [0.2, 0.25) is 5.91 Å². The van der Waals surface area contributed by atoms with Gasteiger partial charge in [0, 0.05) is 17.0 Å². The van der Waals surface area contributed by atoms with Gasteiger partial charge in [0.05, 0.1) is 0 Å². The van der Waals surface area contributed by atoms with Crippen LogP contribution in [0.1, 0.15) is 32.3 Å². The summed E-state index contributed by atoms with van der Waals surface area (Å²) in [6, 6.07) is 7.50. The topological polar surface area (TPSA) is 75.6 Å². The van der Waals surface area contributed by atoms with E-state index in [9.17, 15) is 9.59 Å². The van der Waals surface area contributed by atoms with E-state index in [1.807, 2.05) is 38.1 Å². The van der Waals surface area contributed by atoms with Crippen LogP contribution in [0.5, 0.6) is 0 Å².